The quantitative estimate of drug-likeness (QED) is 0.818. The van der Waals surface area contributed by atoms with E-state index in [1.54, 1.807) is 23.1 Å². The third-order valence-electron chi connectivity index (χ3n) is 4.66. The van der Waals surface area contributed by atoms with Gasteiger partial charge in [0.2, 0.25) is 5.91 Å². The Hall–Kier alpha value is -2.04. The van der Waals surface area contributed by atoms with Crippen molar-refractivity contribution in [1.82, 2.24) is 4.90 Å². The lowest BCUT2D eigenvalue weighted by Gasteiger charge is -2.31. The second kappa shape index (κ2) is 8.11. The number of likely N-dealkylation sites (tertiary alicyclic amines) is 1. The SMILES string of the molecule is Cc1ccc(C(=O)N2CCC(C(=O)Nc3c(Cl)cccc3Cl)CC2)cc1. The van der Waals surface area contributed by atoms with Gasteiger partial charge in [0, 0.05) is 24.6 Å². The minimum atomic E-state index is -0.163. The van der Waals surface area contributed by atoms with Crippen LogP contribution >= 0.6 is 23.2 Å². The Kier molecular flexibility index (Phi) is 5.84. The van der Waals surface area contributed by atoms with Gasteiger partial charge >= 0.3 is 0 Å². The van der Waals surface area contributed by atoms with Crippen LogP contribution in [0.2, 0.25) is 10.0 Å². The van der Waals surface area contributed by atoms with E-state index in [1.807, 2.05) is 31.2 Å². The molecule has 1 fully saturated rings. The average molecular weight is 391 g/mol. The molecule has 0 radical (unpaired) electrons. The standard InChI is InChI=1S/C20H20Cl2N2O2/c1-13-5-7-15(8-6-13)20(26)24-11-9-14(10-12-24)19(25)23-18-16(21)3-2-4-17(18)22/h2-8,14H,9-12H2,1H3,(H,23,25). The lowest BCUT2D eigenvalue weighted by atomic mass is 9.95. The maximum atomic E-state index is 12.6. The highest BCUT2D eigenvalue weighted by molar-refractivity contribution is 6.39. The smallest absolute Gasteiger partial charge is 0.253 e. The van der Waals surface area contributed by atoms with Gasteiger partial charge in [-0.2, -0.15) is 0 Å². The predicted octanol–water partition coefficient (Wildman–Crippen LogP) is 4.79. The fourth-order valence-corrected chi connectivity index (χ4v) is 3.56. The highest BCUT2D eigenvalue weighted by atomic mass is 35.5. The molecule has 1 saturated heterocycles. The number of carbonyl (C=O) groups excluding carboxylic acids is 2. The molecule has 136 valence electrons. The molecular weight excluding hydrogens is 371 g/mol. The van der Waals surface area contributed by atoms with Crippen molar-refractivity contribution in [3.05, 3.63) is 63.6 Å². The van der Waals surface area contributed by atoms with Gasteiger partial charge in [-0.3, -0.25) is 9.59 Å². The number of nitrogens with one attached hydrogen (secondary N) is 1. The summed E-state index contributed by atoms with van der Waals surface area (Å²) in [4.78, 5) is 26.9. The number of amides is 2. The topological polar surface area (TPSA) is 49.4 Å². The average Bonchev–Trinajstić information content (AvgIpc) is 2.65. The highest BCUT2D eigenvalue weighted by Gasteiger charge is 2.28. The van der Waals surface area contributed by atoms with E-state index in [1.165, 1.54) is 0 Å². The normalized spacial score (nSPS) is 15.0. The van der Waals surface area contributed by atoms with Crippen molar-refractivity contribution in [2.24, 2.45) is 5.92 Å². The van der Waals surface area contributed by atoms with Gasteiger partial charge in [-0.1, -0.05) is 47.0 Å². The van der Waals surface area contributed by atoms with E-state index in [2.05, 4.69) is 5.32 Å². The van der Waals surface area contributed by atoms with Crippen molar-refractivity contribution in [3.63, 3.8) is 0 Å². The van der Waals surface area contributed by atoms with Gasteiger partial charge in [-0.25, -0.2) is 0 Å². The molecule has 0 unspecified atom stereocenters. The van der Waals surface area contributed by atoms with Gasteiger partial charge in [0.15, 0.2) is 0 Å². The van der Waals surface area contributed by atoms with Crippen LogP contribution in [0.15, 0.2) is 42.5 Å². The minimum absolute atomic E-state index is 0.0120. The molecule has 0 aliphatic carbocycles. The van der Waals surface area contributed by atoms with Crippen LogP contribution in [0.25, 0.3) is 0 Å². The maximum absolute atomic E-state index is 12.6. The first-order chi connectivity index (χ1) is 12.5. The van der Waals surface area contributed by atoms with Gasteiger partial charge in [0.25, 0.3) is 5.91 Å². The fourth-order valence-electron chi connectivity index (χ4n) is 3.07. The molecule has 0 bridgehead atoms. The number of piperidine rings is 1. The summed E-state index contributed by atoms with van der Waals surface area (Å²) in [6, 6.07) is 12.7. The number of hydrogen-bond donors (Lipinski definition) is 1. The molecule has 2 aromatic rings. The Bertz CT molecular complexity index is 793. The first-order valence-corrected chi connectivity index (χ1v) is 9.32. The fraction of sp³-hybridized carbons (Fsp3) is 0.300. The summed E-state index contributed by atoms with van der Waals surface area (Å²) in [6.45, 7) is 3.10. The zero-order chi connectivity index (χ0) is 18.7. The second-order valence-electron chi connectivity index (χ2n) is 6.52. The van der Waals surface area contributed by atoms with Crippen molar-refractivity contribution in [1.29, 1.82) is 0 Å². The van der Waals surface area contributed by atoms with Gasteiger partial charge in [0.1, 0.15) is 0 Å². The predicted molar refractivity (Wildman–Crippen MR) is 105 cm³/mol. The molecule has 0 aromatic heterocycles. The van der Waals surface area contributed by atoms with Crippen LogP contribution in [-0.2, 0) is 4.79 Å². The molecule has 1 heterocycles. The van der Waals surface area contributed by atoms with Gasteiger partial charge < -0.3 is 10.2 Å². The Morgan fingerprint density at radius 3 is 2.15 bits per heavy atom. The number of hydrogen-bond acceptors (Lipinski definition) is 2. The van der Waals surface area contributed by atoms with E-state index in [0.717, 1.165) is 5.56 Å². The number of para-hydroxylation sites is 1. The highest BCUT2D eigenvalue weighted by Crippen LogP contribution is 2.31. The van der Waals surface area contributed by atoms with Crippen LogP contribution in [-0.4, -0.2) is 29.8 Å². The molecule has 1 aliphatic heterocycles. The largest absolute Gasteiger partial charge is 0.339 e. The van der Waals surface area contributed by atoms with Crippen molar-refractivity contribution in [2.45, 2.75) is 19.8 Å². The molecule has 26 heavy (non-hydrogen) atoms. The van der Waals surface area contributed by atoms with Crippen molar-refractivity contribution in [3.8, 4) is 0 Å². The lowest BCUT2D eigenvalue weighted by Crippen LogP contribution is -2.41. The Balaban J connectivity index is 1.58. The molecule has 4 nitrogen and oxygen atoms in total. The molecule has 0 saturated carbocycles. The zero-order valence-corrected chi connectivity index (χ0v) is 16.0. The zero-order valence-electron chi connectivity index (χ0n) is 14.5. The molecule has 2 aromatic carbocycles. The summed E-state index contributed by atoms with van der Waals surface area (Å²) < 4.78 is 0. The van der Waals surface area contributed by atoms with E-state index in [9.17, 15) is 9.59 Å². The van der Waals surface area contributed by atoms with Gasteiger partial charge in [0.05, 0.1) is 15.7 Å². The number of aryl methyl sites for hydroxylation is 1. The maximum Gasteiger partial charge on any atom is 0.253 e. The molecule has 1 N–H and O–H groups in total. The third kappa shape index (κ3) is 4.19. The van der Waals surface area contributed by atoms with E-state index in [4.69, 9.17) is 23.2 Å². The molecule has 0 atom stereocenters. The number of nitrogens with zero attached hydrogens (tertiary/aromatic N) is 1. The Morgan fingerprint density at radius 1 is 1.00 bits per heavy atom. The molecule has 2 amide bonds. The molecule has 1 aliphatic rings. The lowest BCUT2D eigenvalue weighted by molar-refractivity contribution is -0.121. The van der Waals surface area contributed by atoms with Crippen LogP contribution in [0.3, 0.4) is 0 Å². The first kappa shape index (κ1) is 18.7. The number of rotatable bonds is 3. The van der Waals surface area contributed by atoms with Gasteiger partial charge in [-0.15, -0.1) is 0 Å². The summed E-state index contributed by atoms with van der Waals surface area (Å²) in [5, 5.41) is 3.65. The minimum Gasteiger partial charge on any atom is -0.339 e. The van der Waals surface area contributed by atoms with Crippen LogP contribution in [0, 0.1) is 12.8 Å². The van der Waals surface area contributed by atoms with Crippen LogP contribution in [0.5, 0.6) is 0 Å². The number of anilines is 1. The second-order valence-corrected chi connectivity index (χ2v) is 7.33. The molecule has 0 spiro atoms. The molecular formula is C20H20Cl2N2O2. The summed E-state index contributed by atoms with van der Waals surface area (Å²) in [7, 11) is 0. The van der Waals surface area contributed by atoms with Crippen LogP contribution in [0.1, 0.15) is 28.8 Å². The van der Waals surface area contributed by atoms with E-state index >= 15 is 0 Å². The third-order valence-corrected chi connectivity index (χ3v) is 5.29. The van der Waals surface area contributed by atoms with E-state index in [-0.39, 0.29) is 17.7 Å². The Morgan fingerprint density at radius 2 is 1.58 bits per heavy atom. The monoisotopic (exact) mass is 390 g/mol. The number of carbonyl (C=O) groups is 2. The van der Waals surface area contributed by atoms with Crippen LogP contribution < -0.4 is 5.32 Å². The Labute approximate surface area is 163 Å². The summed E-state index contributed by atoms with van der Waals surface area (Å²) in [5.74, 6) is -0.259. The summed E-state index contributed by atoms with van der Waals surface area (Å²) in [6.07, 6.45) is 1.23. The van der Waals surface area contributed by atoms with E-state index < -0.39 is 0 Å². The van der Waals surface area contributed by atoms with Crippen LogP contribution in [0.4, 0.5) is 5.69 Å². The van der Waals surface area contributed by atoms with Crippen molar-refractivity contribution < 1.29 is 9.59 Å². The molecule has 3 rings (SSSR count). The summed E-state index contributed by atoms with van der Waals surface area (Å²) >= 11 is 12.2. The van der Waals surface area contributed by atoms with E-state index in [0.29, 0.717) is 47.2 Å². The van der Waals surface area contributed by atoms with Crippen molar-refractivity contribution in [2.75, 3.05) is 18.4 Å². The van der Waals surface area contributed by atoms with Crippen molar-refractivity contribution >= 4 is 40.7 Å². The number of benzene rings is 2. The van der Waals surface area contributed by atoms with Gasteiger partial charge in [-0.05, 0) is 44.0 Å². The molecule has 6 heteroatoms. The summed E-state index contributed by atoms with van der Waals surface area (Å²) in [5.41, 5.74) is 2.25. The first-order valence-electron chi connectivity index (χ1n) is 8.56. The number of halogens is 2.